The second kappa shape index (κ2) is 74.9. The van der Waals surface area contributed by atoms with Crippen molar-refractivity contribution in [2.75, 3.05) is 39.6 Å². The van der Waals surface area contributed by atoms with Gasteiger partial charge in [0.15, 0.2) is 12.2 Å². The van der Waals surface area contributed by atoms with E-state index in [2.05, 4.69) is 198 Å². The summed E-state index contributed by atoms with van der Waals surface area (Å²) in [7, 11) is -10.0. The van der Waals surface area contributed by atoms with E-state index in [0.29, 0.717) is 32.1 Å². The highest BCUT2D eigenvalue weighted by atomic mass is 31.2. The number of carbonyl (C=O) groups is 4. The number of ether oxygens (including phenoxy) is 4. The van der Waals surface area contributed by atoms with E-state index in [-0.39, 0.29) is 25.7 Å². The molecule has 0 aliphatic heterocycles. The van der Waals surface area contributed by atoms with Crippen LogP contribution in [0.4, 0.5) is 0 Å². The molecule has 0 aromatic carbocycles. The Kier molecular flexibility index (Phi) is 70.3. The van der Waals surface area contributed by atoms with Crippen LogP contribution in [0.2, 0.25) is 0 Å². The molecule has 0 aliphatic rings. The number of hydrogen-bond donors (Lipinski definition) is 3. The summed E-state index contributed by atoms with van der Waals surface area (Å²) in [6.45, 7) is 4.18. The zero-order chi connectivity index (χ0) is 76.0. The van der Waals surface area contributed by atoms with Crippen LogP contribution in [0.1, 0.15) is 246 Å². The first kappa shape index (κ1) is 97.6. The van der Waals surface area contributed by atoms with Gasteiger partial charge in [0, 0.05) is 19.3 Å². The number of hydrogen-bond acceptors (Lipinski definition) is 15. The summed E-state index contributed by atoms with van der Waals surface area (Å²) in [5.74, 6) is -2.47. The van der Waals surface area contributed by atoms with Crippen LogP contribution in [0, 0.1) is 0 Å². The van der Waals surface area contributed by atoms with Crippen molar-refractivity contribution >= 4 is 39.5 Å². The van der Waals surface area contributed by atoms with Gasteiger partial charge < -0.3 is 33.8 Å². The Bertz CT molecular complexity index is 2790. The highest BCUT2D eigenvalue weighted by Crippen LogP contribution is 2.45. The Hall–Kier alpha value is -6.36. The Labute approximate surface area is 627 Å². The summed E-state index contributed by atoms with van der Waals surface area (Å²) in [4.78, 5) is 72.8. The molecule has 17 nitrogen and oxygen atoms in total. The number of rotatable bonds is 69. The fourth-order valence-corrected chi connectivity index (χ4v) is 10.6. The molecule has 0 bridgehead atoms. The van der Waals surface area contributed by atoms with Crippen LogP contribution in [0.5, 0.6) is 0 Å². The summed E-state index contributed by atoms with van der Waals surface area (Å²) in [6, 6.07) is 0. The normalized spacial score (nSPS) is 15.0. The van der Waals surface area contributed by atoms with Gasteiger partial charge in [0.2, 0.25) is 0 Å². The van der Waals surface area contributed by atoms with E-state index in [4.69, 9.17) is 37.0 Å². The average molecular weight is 1490 g/mol. The first-order valence-electron chi connectivity index (χ1n) is 38.3. The van der Waals surface area contributed by atoms with Crippen LogP contribution < -0.4 is 0 Å². The van der Waals surface area contributed by atoms with Gasteiger partial charge in [-0.25, -0.2) is 9.13 Å². The van der Waals surface area contributed by atoms with E-state index < -0.39 is 97.5 Å². The standard InChI is InChI=1S/C85H132O17P2/c1-5-9-13-17-21-25-29-33-36-38-39-41-43-47-50-54-58-62-66-70-83(88)96-76-81(102-85(90)72-68-64-60-56-52-48-44-40-37-34-30-26-22-18-14-10-6-2)78-100-104(93,94)98-74-79(86)73-97-103(91,92)99-77-80(101-84(89)71-67-63-59-55-51-45-32-28-24-20-16-12-8-4)75-95-82(87)69-65-61-57-53-49-46-42-35-31-27-23-19-15-11-7-3/h9-11,13-16,20-23,25-28,32-37,39,41-42,44,47-50,53,56,60-61,65,79-81,86H,5-8,12,17-19,24,29-31,38,40,43,45-46,51-52,54-55,57-59,62-64,66-78H2,1-4H3,(H,91,92)(H,93,94)/b13-9-,14-10-,15-11-,20-16-,25-21-,26-22-,27-23-,32-28-,36-33-,37-34-,41-39-,42-35-,48-44-,50-47-,53-49-,60-56-,65-61-. The first-order chi connectivity index (χ1) is 50.7. The van der Waals surface area contributed by atoms with Crippen molar-refractivity contribution < 1.29 is 80.2 Å². The molecule has 5 unspecified atom stereocenters. The maximum atomic E-state index is 13.1. The van der Waals surface area contributed by atoms with E-state index in [1.807, 2.05) is 30.4 Å². The molecule has 0 aliphatic carbocycles. The van der Waals surface area contributed by atoms with Crippen LogP contribution in [0.15, 0.2) is 207 Å². The summed E-state index contributed by atoms with van der Waals surface area (Å²) in [5, 5.41) is 10.6. The van der Waals surface area contributed by atoms with Gasteiger partial charge >= 0.3 is 39.5 Å². The van der Waals surface area contributed by atoms with Crippen LogP contribution in [-0.2, 0) is 65.4 Å². The van der Waals surface area contributed by atoms with E-state index in [9.17, 15) is 43.2 Å². The molecule has 584 valence electrons. The lowest BCUT2D eigenvalue weighted by Crippen LogP contribution is -2.30. The molecule has 0 radical (unpaired) electrons. The zero-order valence-corrected chi connectivity index (χ0v) is 65.4. The first-order valence-corrected chi connectivity index (χ1v) is 41.3. The largest absolute Gasteiger partial charge is 0.472 e. The van der Waals surface area contributed by atoms with Gasteiger partial charge in [-0.1, -0.05) is 266 Å². The van der Waals surface area contributed by atoms with Crippen molar-refractivity contribution in [3.8, 4) is 0 Å². The summed E-state index contributed by atoms with van der Waals surface area (Å²) in [5.41, 5.74) is 0. The minimum atomic E-state index is -5.02. The van der Waals surface area contributed by atoms with Gasteiger partial charge in [0.25, 0.3) is 0 Å². The lowest BCUT2D eigenvalue weighted by Gasteiger charge is -2.21. The maximum absolute atomic E-state index is 13.1. The highest BCUT2D eigenvalue weighted by molar-refractivity contribution is 7.47. The summed E-state index contributed by atoms with van der Waals surface area (Å²) >= 11 is 0. The summed E-state index contributed by atoms with van der Waals surface area (Å²) < 4.78 is 68.3. The minimum absolute atomic E-state index is 0.00280. The van der Waals surface area contributed by atoms with Crippen LogP contribution >= 0.6 is 15.6 Å². The number of esters is 4. The molecule has 0 aromatic heterocycles. The van der Waals surface area contributed by atoms with E-state index >= 15 is 0 Å². The van der Waals surface area contributed by atoms with Gasteiger partial charge in [0.1, 0.15) is 19.3 Å². The zero-order valence-electron chi connectivity index (χ0n) is 63.6. The van der Waals surface area contributed by atoms with Gasteiger partial charge in [-0.05, 0) is 161 Å². The van der Waals surface area contributed by atoms with E-state index in [0.717, 1.165) is 161 Å². The Balaban J connectivity index is 5.54. The molecule has 5 atom stereocenters. The molecule has 0 spiro atoms. The third-order valence-corrected chi connectivity index (χ3v) is 16.6. The Morgan fingerprint density at radius 2 is 0.548 bits per heavy atom. The van der Waals surface area contributed by atoms with Crippen molar-refractivity contribution in [3.05, 3.63) is 207 Å². The fraction of sp³-hybridized carbons (Fsp3) is 0.553. The topological polar surface area (TPSA) is 237 Å². The van der Waals surface area contributed by atoms with Gasteiger partial charge in [-0.2, -0.15) is 0 Å². The van der Waals surface area contributed by atoms with Crippen LogP contribution in [0.25, 0.3) is 0 Å². The number of unbranched alkanes of at least 4 members (excludes halogenated alkanes) is 10. The number of phosphoric acid groups is 2. The van der Waals surface area contributed by atoms with Gasteiger partial charge in [-0.15, -0.1) is 0 Å². The van der Waals surface area contributed by atoms with Gasteiger partial charge in [0.05, 0.1) is 32.8 Å². The highest BCUT2D eigenvalue weighted by Gasteiger charge is 2.30. The molecule has 104 heavy (non-hydrogen) atoms. The molecule has 19 heteroatoms. The predicted molar refractivity (Wildman–Crippen MR) is 426 cm³/mol. The van der Waals surface area contributed by atoms with Crippen molar-refractivity contribution in [1.82, 2.24) is 0 Å². The Morgan fingerprint density at radius 1 is 0.288 bits per heavy atom. The third kappa shape index (κ3) is 73.9. The monoisotopic (exact) mass is 1490 g/mol. The number of aliphatic hydroxyl groups excluding tert-OH is 1. The molecule has 0 heterocycles. The number of phosphoric ester groups is 2. The predicted octanol–water partition coefficient (Wildman–Crippen LogP) is 22.3. The Morgan fingerprint density at radius 3 is 0.904 bits per heavy atom. The van der Waals surface area contributed by atoms with Crippen LogP contribution in [-0.4, -0.2) is 96.7 Å². The molecular weight excluding hydrogens is 1350 g/mol. The molecule has 0 aromatic rings. The van der Waals surface area contributed by atoms with Crippen molar-refractivity contribution in [3.63, 3.8) is 0 Å². The van der Waals surface area contributed by atoms with Crippen molar-refractivity contribution in [2.24, 2.45) is 0 Å². The maximum Gasteiger partial charge on any atom is 0.472 e. The second-order valence-corrected chi connectivity index (χ2v) is 27.4. The van der Waals surface area contributed by atoms with Crippen molar-refractivity contribution in [1.29, 1.82) is 0 Å². The van der Waals surface area contributed by atoms with Crippen LogP contribution in [0.3, 0.4) is 0 Å². The fourth-order valence-electron chi connectivity index (χ4n) is 9.04. The number of carbonyl (C=O) groups excluding carboxylic acids is 4. The molecule has 0 saturated heterocycles. The molecule has 0 fully saturated rings. The lowest BCUT2D eigenvalue weighted by atomic mass is 10.1. The smallest absolute Gasteiger partial charge is 0.462 e. The lowest BCUT2D eigenvalue weighted by molar-refractivity contribution is -0.161. The number of allylic oxidation sites excluding steroid dienone is 33. The molecule has 0 rings (SSSR count). The summed E-state index contributed by atoms with van der Waals surface area (Å²) in [6.07, 6.45) is 92.9. The second-order valence-electron chi connectivity index (χ2n) is 24.5. The minimum Gasteiger partial charge on any atom is -0.462 e. The molecular formula is C85H132O17P2. The number of aliphatic hydroxyl groups is 1. The molecule has 3 N–H and O–H groups in total. The SMILES string of the molecule is CC/C=C\C/C=C\C/C=C\C/C=C\C/C=C\CCCCCC(=O)OCC(COP(=O)(O)OCC(O)COP(=O)(O)OCC(COC(=O)C/C=C\C/C=C\C/C=C\C/C=C\C/C=C\CC)OC(=O)CCCCCCC/C=C\C/C=C\CCC)OC(=O)CCC/C=C\C/C=C\C/C=C\C/C=C\C/C=C\CC. The van der Waals surface area contributed by atoms with E-state index in [1.54, 1.807) is 6.08 Å². The van der Waals surface area contributed by atoms with Crippen molar-refractivity contribution in [2.45, 2.75) is 264 Å². The quantitative estimate of drug-likeness (QED) is 0.0169. The third-order valence-electron chi connectivity index (χ3n) is 14.7. The molecule has 0 saturated carbocycles. The van der Waals surface area contributed by atoms with Gasteiger partial charge in [-0.3, -0.25) is 37.3 Å². The van der Waals surface area contributed by atoms with E-state index in [1.165, 1.54) is 0 Å². The average Bonchev–Trinajstić information content (AvgIpc) is 0.911. The molecule has 0 amide bonds.